The molecule has 0 spiro atoms. The van der Waals surface area contributed by atoms with E-state index in [0.717, 1.165) is 5.56 Å². The third-order valence-corrected chi connectivity index (χ3v) is 2.75. The molecule has 1 saturated heterocycles. The highest BCUT2D eigenvalue weighted by Gasteiger charge is 2.38. The first-order chi connectivity index (χ1) is 6.74. The van der Waals surface area contributed by atoms with E-state index >= 15 is 0 Å². The van der Waals surface area contributed by atoms with Gasteiger partial charge in [0.1, 0.15) is 0 Å². The summed E-state index contributed by atoms with van der Waals surface area (Å²) in [5, 5.41) is 0. The van der Waals surface area contributed by atoms with E-state index in [1.165, 1.54) is 0 Å². The molecule has 1 heterocycles. The molecule has 2 atom stereocenters. The molecule has 0 N–H and O–H groups in total. The van der Waals surface area contributed by atoms with Crippen molar-refractivity contribution < 1.29 is 9.47 Å². The van der Waals surface area contributed by atoms with Gasteiger partial charge in [-0.1, -0.05) is 30.3 Å². The number of hydrogen-bond donors (Lipinski definition) is 0. The highest BCUT2D eigenvalue weighted by molar-refractivity contribution is 6.18. The van der Waals surface area contributed by atoms with Crippen LogP contribution < -0.4 is 0 Å². The molecule has 3 heteroatoms. The molecule has 0 saturated carbocycles. The van der Waals surface area contributed by atoms with E-state index in [9.17, 15) is 0 Å². The van der Waals surface area contributed by atoms with Crippen LogP contribution in [-0.2, 0) is 15.3 Å². The van der Waals surface area contributed by atoms with Crippen LogP contribution in [0.4, 0.5) is 0 Å². The lowest BCUT2D eigenvalue weighted by molar-refractivity contribution is -0.159. The average molecular weight is 213 g/mol. The quantitative estimate of drug-likeness (QED) is 0.702. The molecule has 2 rings (SSSR count). The average Bonchev–Trinajstić information content (AvgIpc) is 2.63. The molecule has 0 unspecified atom stereocenters. The minimum absolute atomic E-state index is 0.00173. The van der Waals surface area contributed by atoms with Crippen molar-refractivity contribution in [3.05, 3.63) is 35.9 Å². The zero-order valence-electron chi connectivity index (χ0n) is 8.07. The Morgan fingerprint density at radius 2 is 2.14 bits per heavy atom. The molecule has 1 aliphatic rings. The normalized spacial score (nSPS) is 32.0. The van der Waals surface area contributed by atoms with E-state index in [2.05, 4.69) is 0 Å². The van der Waals surface area contributed by atoms with Crippen molar-refractivity contribution in [3.63, 3.8) is 0 Å². The van der Waals surface area contributed by atoms with Crippen molar-refractivity contribution in [1.29, 1.82) is 0 Å². The summed E-state index contributed by atoms with van der Waals surface area (Å²) in [5.41, 5.74) is 1.03. The van der Waals surface area contributed by atoms with E-state index in [1.807, 2.05) is 37.3 Å². The van der Waals surface area contributed by atoms with E-state index in [1.54, 1.807) is 0 Å². The van der Waals surface area contributed by atoms with E-state index in [0.29, 0.717) is 12.5 Å². The van der Waals surface area contributed by atoms with Crippen LogP contribution in [-0.4, -0.2) is 18.6 Å². The minimum atomic E-state index is -0.624. The largest absolute Gasteiger partial charge is 0.343 e. The predicted octanol–water partition coefficient (Wildman–Crippen LogP) is 2.51. The first kappa shape index (κ1) is 9.97. The molecule has 1 aromatic carbocycles. The van der Waals surface area contributed by atoms with Crippen LogP contribution in [0, 0.1) is 0 Å². The van der Waals surface area contributed by atoms with E-state index in [4.69, 9.17) is 21.1 Å². The minimum Gasteiger partial charge on any atom is -0.343 e. The van der Waals surface area contributed by atoms with E-state index in [-0.39, 0.29) is 6.10 Å². The number of ether oxygens (including phenoxy) is 2. The second-order valence-corrected chi connectivity index (χ2v) is 3.83. The fourth-order valence-electron chi connectivity index (χ4n) is 1.61. The van der Waals surface area contributed by atoms with Gasteiger partial charge in [0.25, 0.3) is 0 Å². The van der Waals surface area contributed by atoms with Crippen molar-refractivity contribution in [1.82, 2.24) is 0 Å². The number of halogens is 1. The van der Waals surface area contributed by atoms with Gasteiger partial charge in [-0.25, -0.2) is 0 Å². The van der Waals surface area contributed by atoms with Crippen LogP contribution >= 0.6 is 11.6 Å². The Bertz CT molecular complexity index is 301. The predicted molar refractivity (Wildman–Crippen MR) is 55.3 cm³/mol. The number of hydrogen-bond acceptors (Lipinski definition) is 2. The van der Waals surface area contributed by atoms with Crippen molar-refractivity contribution in [2.45, 2.75) is 18.8 Å². The summed E-state index contributed by atoms with van der Waals surface area (Å²) in [6.45, 7) is 2.49. The zero-order chi connectivity index (χ0) is 10.0. The smallest absolute Gasteiger partial charge is 0.192 e. The maximum atomic E-state index is 5.73. The molecule has 1 aromatic rings. The Morgan fingerprint density at radius 1 is 1.43 bits per heavy atom. The fourth-order valence-corrected chi connectivity index (χ4v) is 1.76. The van der Waals surface area contributed by atoms with Crippen molar-refractivity contribution in [3.8, 4) is 0 Å². The van der Waals surface area contributed by atoms with Crippen LogP contribution in [0.1, 0.15) is 12.5 Å². The summed E-state index contributed by atoms with van der Waals surface area (Å²) >= 11 is 5.72. The summed E-state index contributed by atoms with van der Waals surface area (Å²) in [5.74, 6) is -0.150. The van der Waals surface area contributed by atoms with Gasteiger partial charge in [-0.2, -0.15) is 0 Å². The number of rotatable bonds is 2. The molecule has 2 nitrogen and oxygen atoms in total. The van der Waals surface area contributed by atoms with Crippen LogP contribution in [0.2, 0.25) is 0 Å². The lowest BCUT2D eigenvalue weighted by Crippen LogP contribution is -2.24. The van der Waals surface area contributed by atoms with Crippen LogP contribution in [0.5, 0.6) is 0 Å². The first-order valence-electron chi connectivity index (χ1n) is 4.68. The van der Waals surface area contributed by atoms with Gasteiger partial charge in [-0.15, -0.1) is 11.6 Å². The molecule has 0 aliphatic carbocycles. The van der Waals surface area contributed by atoms with Crippen LogP contribution in [0.3, 0.4) is 0 Å². The summed E-state index contributed by atoms with van der Waals surface area (Å²) in [7, 11) is 0. The van der Waals surface area contributed by atoms with Gasteiger partial charge in [0.05, 0.1) is 18.6 Å². The third kappa shape index (κ3) is 1.78. The summed E-state index contributed by atoms with van der Waals surface area (Å²) in [6, 6.07) is 9.91. The molecule has 1 fully saturated rings. The lowest BCUT2D eigenvalue weighted by Gasteiger charge is -2.23. The standard InChI is InChI=1S/C11H13ClO2/c1-11(9-5-3-2-4-6-9)13-8-10(7-12)14-11/h2-6,10H,7-8H2,1H3/t10-,11+/m1/s1. The van der Waals surface area contributed by atoms with Gasteiger partial charge in [0, 0.05) is 5.56 Å². The van der Waals surface area contributed by atoms with Gasteiger partial charge in [0.2, 0.25) is 0 Å². The second kappa shape index (κ2) is 3.89. The SMILES string of the molecule is C[C@]1(c2ccccc2)OC[C@@H](CCl)O1. The third-order valence-electron chi connectivity index (χ3n) is 2.41. The summed E-state index contributed by atoms with van der Waals surface area (Å²) in [6.07, 6.45) is 0.00173. The molecule has 1 aliphatic heterocycles. The van der Waals surface area contributed by atoms with Crippen LogP contribution in [0.25, 0.3) is 0 Å². The molecule has 0 bridgehead atoms. The molecule has 76 valence electrons. The summed E-state index contributed by atoms with van der Waals surface area (Å²) in [4.78, 5) is 0. The topological polar surface area (TPSA) is 18.5 Å². The zero-order valence-corrected chi connectivity index (χ0v) is 8.83. The van der Waals surface area contributed by atoms with Gasteiger partial charge >= 0.3 is 0 Å². The van der Waals surface area contributed by atoms with Crippen molar-refractivity contribution >= 4 is 11.6 Å². The molecule has 0 radical (unpaired) electrons. The Hall–Kier alpha value is -0.570. The lowest BCUT2D eigenvalue weighted by atomic mass is 10.1. The van der Waals surface area contributed by atoms with Crippen LogP contribution in [0.15, 0.2) is 30.3 Å². The monoisotopic (exact) mass is 212 g/mol. The molecular weight excluding hydrogens is 200 g/mol. The Kier molecular flexibility index (Phi) is 2.77. The fraction of sp³-hybridized carbons (Fsp3) is 0.455. The van der Waals surface area contributed by atoms with Gasteiger partial charge in [-0.3, -0.25) is 0 Å². The Balaban J connectivity index is 2.19. The van der Waals surface area contributed by atoms with Gasteiger partial charge < -0.3 is 9.47 Å². The van der Waals surface area contributed by atoms with Gasteiger partial charge in [-0.05, 0) is 6.92 Å². The van der Waals surface area contributed by atoms with Crippen molar-refractivity contribution in [2.24, 2.45) is 0 Å². The van der Waals surface area contributed by atoms with Crippen molar-refractivity contribution in [2.75, 3.05) is 12.5 Å². The first-order valence-corrected chi connectivity index (χ1v) is 5.21. The molecule has 14 heavy (non-hydrogen) atoms. The summed E-state index contributed by atoms with van der Waals surface area (Å²) < 4.78 is 11.4. The van der Waals surface area contributed by atoms with E-state index < -0.39 is 5.79 Å². The Labute approximate surface area is 88.8 Å². The Morgan fingerprint density at radius 3 is 2.71 bits per heavy atom. The molecule has 0 amide bonds. The maximum Gasteiger partial charge on any atom is 0.192 e. The van der Waals surface area contributed by atoms with Gasteiger partial charge in [0.15, 0.2) is 5.79 Å². The second-order valence-electron chi connectivity index (χ2n) is 3.52. The molecule has 0 aromatic heterocycles. The highest BCUT2D eigenvalue weighted by atomic mass is 35.5. The molecular formula is C11H13ClO2. The maximum absolute atomic E-state index is 5.73. The number of benzene rings is 1. The highest BCUT2D eigenvalue weighted by Crippen LogP contribution is 2.33. The number of alkyl halides is 1.